The molecule has 0 saturated heterocycles. The summed E-state index contributed by atoms with van der Waals surface area (Å²) in [5.74, 6) is 0. The van der Waals surface area contributed by atoms with Crippen molar-refractivity contribution in [2.24, 2.45) is 0 Å². The van der Waals surface area contributed by atoms with Crippen LogP contribution < -0.4 is 11.1 Å². The van der Waals surface area contributed by atoms with E-state index in [2.05, 4.69) is 17.4 Å². The second-order valence-electron chi connectivity index (χ2n) is 4.26. The largest absolute Gasteiger partial charge is 0.399 e. The zero-order chi connectivity index (χ0) is 8.89. The maximum atomic E-state index is 5.80. The first-order chi connectivity index (χ1) is 6.30. The number of nitrogens with two attached hydrogens (primary N) is 1. The van der Waals surface area contributed by atoms with E-state index in [-0.39, 0.29) is 0 Å². The monoisotopic (exact) mass is 174 g/mol. The second kappa shape index (κ2) is 2.19. The first-order valence-corrected chi connectivity index (χ1v) is 4.94. The van der Waals surface area contributed by atoms with Gasteiger partial charge in [-0.1, -0.05) is 0 Å². The normalized spacial score (nSPS) is 22.2. The first kappa shape index (κ1) is 7.25. The molecule has 0 atom stereocenters. The summed E-state index contributed by atoms with van der Waals surface area (Å²) in [6.07, 6.45) is 3.99. The zero-order valence-corrected chi connectivity index (χ0v) is 7.64. The van der Waals surface area contributed by atoms with Crippen molar-refractivity contribution in [3.63, 3.8) is 0 Å². The standard InChI is InChI=1S/C11H14N2/c12-8-1-2-10-9(7-8)11(3-4-11)5-6-13-10/h1-2,7,13H,3-6,12H2. The Hall–Kier alpha value is -1.18. The van der Waals surface area contributed by atoms with Crippen LogP contribution in [0.15, 0.2) is 18.2 Å². The van der Waals surface area contributed by atoms with Crippen molar-refractivity contribution in [3.05, 3.63) is 23.8 Å². The molecule has 2 aliphatic rings. The summed E-state index contributed by atoms with van der Waals surface area (Å²) in [5.41, 5.74) is 9.97. The molecule has 2 heteroatoms. The van der Waals surface area contributed by atoms with Crippen molar-refractivity contribution in [2.75, 3.05) is 17.6 Å². The highest BCUT2D eigenvalue weighted by molar-refractivity contribution is 5.63. The van der Waals surface area contributed by atoms with Crippen LogP contribution in [0.4, 0.5) is 11.4 Å². The predicted molar refractivity (Wildman–Crippen MR) is 54.9 cm³/mol. The summed E-state index contributed by atoms with van der Waals surface area (Å²) in [4.78, 5) is 0. The minimum absolute atomic E-state index is 0.510. The van der Waals surface area contributed by atoms with Crippen molar-refractivity contribution >= 4 is 11.4 Å². The second-order valence-corrected chi connectivity index (χ2v) is 4.26. The van der Waals surface area contributed by atoms with Gasteiger partial charge in [0.25, 0.3) is 0 Å². The molecule has 1 heterocycles. The number of fused-ring (bicyclic) bond motifs is 2. The minimum Gasteiger partial charge on any atom is -0.399 e. The fourth-order valence-electron chi connectivity index (χ4n) is 2.40. The molecular formula is C11H14N2. The molecule has 1 spiro atoms. The molecule has 1 saturated carbocycles. The van der Waals surface area contributed by atoms with E-state index < -0.39 is 0 Å². The minimum atomic E-state index is 0.510. The van der Waals surface area contributed by atoms with E-state index in [0.717, 1.165) is 12.2 Å². The zero-order valence-electron chi connectivity index (χ0n) is 7.64. The molecular weight excluding hydrogens is 160 g/mol. The van der Waals surface area contributed by atoms with Crippen LogP contribution in [0.3, 0.4) is 0 Å². The molecule has 2 nitrogen and oxygen atoms in total. The number of nitrogen functional groups attached to an aromatic ring is 1. The Morgan fingerprint density at radius 3 is 2.85 bits per heavy atom. The molecule has 1 aromatic carbocycles. The van der Waals surface area contributed by atoms with Gasteiger partial charge in [0.05, 0.1) is 0 Å². The van der Waals surface area contributed by atoms with Gasteiger partial charge in [-0.15, -0.1) is 0 Å². The lowest BCUT2D eigenvalue weighted by Crippen LogP contribution is -2.21. The molecule has 0 unspecified atom stereocenters. The Balaban J connectivity index is 2.16. The van der Waals surface area contributed by atoms with Gasteiger partial charge in [-0.2, -0.15) is 0 Å². The van der Waals surface area contributed by atoms with E-state index in [1.807, 2.05) is 6.07 Å². The van der Waals surface area contributed by atoms with Crippen LogP contribution in [0.2, 0.25) is 0 Å². The number of benzene rings is 1. The molecule has 0 amide bonds. The first-order valence-electron chi connectivity index (χ1n) is 4.94. The van der Waals surface area contributed by atoms with Crippen LogP contribution >= 0.6 is 0 Å². The summed E-state index contributed by atoms with van der Waals surface area (Å²) in [5, 5.41) is 3.43. The van der Waals surface area contributed by atoms with Gasteiger partial charge in [0.1, 0.15) is 0 Å². The van der Waals surface area contributed by atoms with Gasteiger partial charge >= 0.3 is 0 Å². The predicted octanol–water partition coefficient (Wildman–Crippen LogP) is 2.12. The summed E-state index contributed by atoms with van der Waals surface area (Å²) < 4.78 is 0. The Kier molecular flexibility index (Phi) is 1.22. The highest BCUT2D eigenvalue weighted by Gasteiger charge is 2.46. The third-order valence-corrected chi connectivity index (χ3v) is 3.39. The quantitative estimate of drug-likeness (QED) is 0.591. The number of hydrogen-bond donors (Lipinski definition) is 2. The van der Waals surface area contributed by atoms with Crippen LogP contribution in [-0.4, -0.2) is 6.54 Å². The average Bonchev–Trinajstić information content (AvgIpc) is 2.88. The molecule has 1 aliphatic heterocycles. The smallest absolute Gasteiger partial charge is 0.0379 e. The third-order valence-electron chi connectivity index (χ3n) is 3.39. The van der Waals surface area contributed by atoms with Gasteiger partial charge in [0.2, 0.25) is 0 Å². The maximum Gasteiger partial charge on any atom is 0.0379 e. The molecule has 68 valence electrons. The van der Waals surface area contributed by atoms with Gasteiger partial charge in [-0.05, 0) is 48.4 Å². The van der Waals surface area contributed by atoms with E-state index in [1.54, 1.807) is 0 Å². The number of hydrogen-bond acceptors (Lipinski definition) is 2. The number of nitrogens with one attached hydrogen (secondary N) is 1. The Labute approximate surface area is 78.1 Å². The Morgan fingerprint density at radius 1 is 1.23 bits per heavy atom. The van der Waals surface area contributed by atoms with Crippen molar-refractivity contribution in [2.45, 2.75) is 24.7 Å². The van der Waals surface area contributed by atoms with Crippen LogP contribution in [-0.2, 0) is 5.41 Å². The lowest BCUT2D eigenvalue weighted by Gasteiger charge is -2.26. The van der Waals surface area contributed by atoms with Crippen LogP contribution in [0.1, 0.15) is 24.8 Å². The van der Waals surface area contributed by atoms with E-state index in [0.29, 0.717) is 5.41 Å². The van der Waals surface area contributed by atoms with Crippen molar-refractivity contribution in [1.82, 2.24) is 0 Å². The van der Waals surface area contributed by atoms with Crippen LogP contribution in [0.25, 0.3) is 0 Å². The third kappa shape index (κ3) is 0.947. The van der Waals surface area contributed by atoms with Crippen LogP contribution in [0.5, 0.6) is 0 Å². The Morgan fingerprint density at radius 2 is 2.08 bits per heavy atom. The molecule has 0 bridgehead atoms. The van der Waals surface area contributed by atoms with Crippen LogP contribution in [0, 0.1) is 0 Å². The van der Waals surface area contributed by atoms with Crippen molar-refractivity contribution in [3.8, 4) is 0 Å². The van der Waals surface area contributed by atoms with Crippen molar-refractivity contribution < 1.29 is 0 Å². The highest BCUT2D eigenvalue weighted by atomic mass is 14.9. The summed E-state index contributed by atoms with van der Waals surface area (Å²) in [6, 6.07) is 6.24. The Bertz CT molecular complexity index is 353. The van der Waals surface area contributed by atoms with E-state index in [4.69, 9.17) is 5.73 Å². The molecule has 1 fully saturated rings. The molecule has 1 aliphatic carbocycles. The highest BCUT2D eigenvalue weighted by Crippen LogP contribution is 2.55. The van der Waals surface area contributed by atoms with Crippen molar-refractivity contribution in [1.29, 1.82) is 0 Å². The SMILES string of the molecule is Nc1ccc2c(c1)C1(CCN2)CC1. The molecule has 13 heavy (non-hydrogen) atoms. The number of anilines is 2. The fraction of sp³-hybridized carbons (Fsp3) is 0.455. The summed E-state index contributed by atoms with van der Waals surface area (Å²) >= 11 is 0. The van der Waals surface area contributed by atoms with Gasteiger partial charge in [0.15, 0.2) is 0 Å². The van der Waals surface area contributed by atoms with E-state index >= 15 is 0 Å². The molecule has 0 aromatic heterocycles. The number of rotatable bonds is 0. The lowest BCUT2D eigenvalue weighted by atomic mass is 9.88. The average molecular weight is 174 g/mol. The molecule has 3 N–H and O–H groups in total. The lowest BCUT2D eigenvalue weighted by molar-refractivity contribution is 0.622. The van der Waals surface area contributed by atoms with E-state index in [1.165, 1.54) is 30.5 Å². The summed E-state index contributed by atoms with van der Waals surface area (Å²) in [7, 11) is 0. The van der Waals surface area contributed by atoms with Gasteiger partial charge < -0.3 is 11.1 Å². The topological polar surface area (TPSA) is 38.0 Å². The van der Waals surface area contributed by atoms with Gasteiger partial charge in [0, 0.05) is 17.9 Å². The van der Waals surface area contributed by atoms with Gasteiger partial charge in [-0.25, -0.2) is 0 Å². The maximum absolute atomic E-state index is 5.80. The molecule has 1 aromatic rings. The molecule has 0 radical (unpaired) electrons. The van der Waals surface area contributed by atoms with E-state index in [9.17, 15) is 0 Å². The fourth-order valence-corrected chi connectivity index (χ4v) is 2.40. The molecule has 3 rings (SSSR count). The summed E-state index contributed by atoms with van der Waals surface area (Å²) in [6.45, 7) is 1.12. The van der Waals surface area contributed by atoms with Gasteiger partial charge in [-0.3, -0.25) is 0 Å².